The van der Waals surface area contributed by atoms with E-state index in [9.17, 15) is 0 Å². The average Bonchev–Trinajstić information content (AvgIpc) is 3.60. The molecule has 0 saturated heterocycles. The van der Waals surface area contributed by atoms with Crippen LogP contribution in [0, 0.1) is 0 Å². The summed E-state index contributed by atoms with van der Waals surface area (Å²) in [6.45, 7) is 0.231. The number of hydrazone groups is 1. The fraction of sp³-hybridized carbons (Fsp3) is 0.100. The molecule has 0 saturated carbocycles. The molecular weight excluding hydrogens is 564 g/mol. The Morgan fingerprint density at radius 3 is 2.55 bits per heavy atom. The standard InChI is InChI=1S/C30H20BrClN4O2/c31-21-8-4-7-20(13-21)26-16-25(19-9-12-27-28(14-19)38-17-37-27)35-36(26)30-33-24-11-10-22(32)15-23(24)29(34-30)18-5-2-1-3-6-18/h1-15,26H,16-17H2/t26-/m1/s1. The highest BCUT2D eigenvalue weighted by atomic mass is 79.9. The van der Waals surface area contributed by atoms with E-state index in [1.54, 1.807) is 0 Å². The number of hydrogen-bond donors (Lipinski definition) is 0. The first kappa shape index (κ1) is 23.2. The van der Waals surface area contributed by atoms with Gasteiger partial charge in [-0.15, -0.1) is 0 Å². The molecule has 0 spiro atoms. The van der Waals surface area contributed by atoms with Gasteiger partial charge in [0, 0.05) is 32.4 Å². The second-order valence-corrected chi connectivity index (χ2v) is 10.5. The second-order valence-electron chi connectivity index (χ2n) is 9.13. The van der Waals surface area contributed by atoms with Crippen LogP contribution < -0.4 is 14.5 Å². The highest BCUT2D eigenvalue weighted by molar-refractivity contribution is 9.10. The molecule has 0 bridgehead atoms. The van der Waals surface area contributed by atoms with E-state index in [4.69, 9.17) is 36.1 Å². The van der Waals surface area contributed by atoms with Crippen LogP contribution in [0.5, 0.6) is 11.5 Å². The fourth-order valence-corrected chi connectivity index (χ4v) is 5.51. The van der Waals surface area contributed by atoms with Crippen LogP contribution in [-0.4, -0.2) is 22.5 Å². The largest absolute Gasteiger partial charge is 0.454 e. The van der Waals surface area contributed by atoms with Crippen LogP contribution in [0.15, 0.2) is 101 Å². The number of halogens is 2. The maximum atomic E-state index is 6.38. The van der Waals surface area contributed by atoms with E-state index in [0.29, 0.717) is 17.4 Å². The third kappa shape index (κ3) is 4.18. The molecule has 186 valence electrons. The molecule has 2 aliphatic rings. The quantitative estimate of drug-likeness (QED) is 0.216. The van der Waals surface area contributed by atoms with E-state index in [0.717, 1.165) is 55.0 Å². The van der Waals surface area contributed by atoms with Gasteiger partial charge < -0.3 is 9.47 Å². The molecule has 0 N–H and O–H groups in total. The van der Waals surface area contributed by atoms with Gasteiger partial charge in [-0.05, 0) is 54.1 Å². The molecule has 0 unspecified atom stereocenters. The summed E-state index contributed by atoms with van der Waals surface area (Å²) in [7, 11) is 0. The van der Waals surface area contributed by atoms with Crippen LogP contribution in [-0.2, 0) is 0 Å². The topological polar surface area (TPSA) is 59.8 Å². The number of hydrogen-bond acceptors (Lipinski definition) is 6. The Morgan fingerprint density at radius 1 is 0.816 bits per heavy atom. The predicted octanol–water partition coefficient (Wildman–Crippen LogP) is 7.80. The minimum absolute atomic E-state index is 0.0960. The number of ether oxygens (including phenoxy) is 2. The molecule has 3 heterocycles. The van der Waals surface area contributed by atoms with Crippen LogP contribution >= 0.6 is 27.5 Å². The summed E-state index contributed by atoms with van der Waals surface area (Å²) in [5.74, 6) is 2.00. The molecule has 0 fully saturated rings. The van der Waals surface area contributed by atoms with E-state index >= 15 is 0 Å². The van der Waals surface area contributed by atoms with Crippen LogP contribution in [0.25, 0.3) is 22.2 Å². The van der Waals surface area contributed by atoms with Crippen molar-refractivity contribution in [1.82, 2.24) is 9.97 Å². The fourth-order valence-electron chi connectivity index (χ4n) is 4.93. The summed E-state index contributed by atoms with van der Waals surface area (Å²) >= 11 is 10.0. The summed E-state index contributed by atoms with van der Waals surface area (Å²) in [5, 5.41) is 8.56. The van der Waals surface area contributed by atoms with Crippen molar-refractivity contribution >= 4 is 50.1 Å². The van der Waals surface area contributed by atoms with Crippen LogP contribution in [0.3, 0.4) is 0 Å². The van der Waals surface area contributed by atoms with Gasteiger partial charge in [-0.1, -0.05) is 70.0 Å². The third-order valence-corrected chi connectivity index (χ3v) is 7.48. The number of aromatic nitrogens is 2. The molecule has 0 amide bonds. The zero-order valence-corrected chi connectivity index (χ0v) is 22.4. The van der Waals surface area contributed by atoms with Crippen molar-refractivity contribution in [3.63, 3.8) is 0 Å². The van der Waals surface area contributed by atoms with Crippen molar-refractivity contribution < 1.29 is 9.47 Å². The number of fused-ring (bicyclic) bond motifs is 2. The van der Waals surface area contributed by atoms with Gasteiger partial charge in [-0.3, -0.25) is 0 Å². The van der Waals surface area contributed by atoms with Gasteiger partial charge in [0.25, 0.3) is 0 Å². The van der Waals surface area contributed by atoms with Crippen molar-refractivity contribution in [2.75, 3.05) is 11.8 Å². The van der Waals surface area contributed by atoms with Crippen LogP contribution in [0.1, 0.15) is 23.6 Å². The summed E-state index contributed by atoms with van der Waals surface area (Å²) < 4.78 is 12.1. The predicted molar refractivity (Wildman–Crippen MR) is 153 cm³/mol. The van der Waals surface area contributed by atoms with Crippen LogP contribution in [0.4, 0.5) is 5.95 Å². The molecular formula is C30H20BrClN4O2. The van der Waals surface area contributed by atoms with Crippen molar-refractivity contribution in [2.45, 2.75) is 12.5 Å². The van der Waals surface area contributed by atoms with Gasteiger partial charge in [-0.2, -0.15) is 5.10 Å². The Morgan fingerprint density at radius 2 is 1.68 bits per heavy atom. The lowest BCUT2D eigenvalue weighted by Gasteiger charge is -2.23. The van der Waals surface area contributed by atoms with Crippen molar-refractivity contribution in [3.8, 4) is 22.8 Å². The Balaban J connectivity index is 1.40. The molecule has 0 aliphatic carbocycles. The first-order chi connectivity index (χ1) is 18.6. The van der Waals surface area contributed by atoms with Crippen molar-refractivity contribution in [1.29, 1.82) is 0 Å². The molecule has 8 heteroatoms. The smallest absolute Gasteiger partial charge is 0.247 e. The molecule has 5 aromatic rings. The first-order valence-electron chi connectivity index (χ1n) is 12.2. The van der Waals surface area contributed by atoms with E-state index in [1.165, 1.54) is 0 Å². The van der Waals surface area contributed by atoms with Gasteiger partial charge in [0.15, 0.2) is 11.5 Å². The lowest BCUT2D eigenvalue weighted by molar-refractivity contribution is 0.174. The Hall–Kier alpha value is -3.94. The highest BCUT2D eigenvalue weighted by Gasteiger charge is 2.33. The number of nitrogens with zero attached hydrogens (tertiary/aromatic N) is 4. The van der Waals surface area contributed by atoms with Gasteiger partial charge in [0.05, 0.1) is 23.0 Å². The zero-order chi connectivity index (χ0) is 25.6. The number of anilines is 1. The second kappa shape index (κ2) is 9.42. The van der Waals surface area contributed by atoms with E-state index in [-0.39, 0.29) is 12.8 Å². The Labute approximate surface area is 232 Å². The van der Waals surface area contributed by atoms with Crippen molar-refractivity contribution in [3.05, 3.63) is 112 Å². The molecule has 7 rings (SSSR count). The third-order valence-electron chi connectivity index (χ3n) is 6.75. The summed E-state index contributed by atoms with van der Waals surface area (Å²) in [6, 6.07) is 29.9. The Kier molecular flexibility index (Phi) is 5.75. The highest BCUT2D eigenvalue weighted by Crippen LogP contribution is 2.40. The monoisotopic (exact) mass is 582 g/mol. The molecule has 38 heavy (non-hydrogen) atoms. The molecule has 4 aromatic carbocycles. The summed E-state index contributed by atoms with van der Waals surface area (Å²) in [5.41, 5.74) is 5.62. The number of rotatable bonds is 4. The van der Waals surface area contributed by atoms with Gasteiger partial charge in [0.1, 0.15) is 0 Å². The van der Waals surface area contributed by atoms with Gasteiger partial charge >= 0.3 is 0 Å². The minimum atomic E-state index is -0.0960. The SMILES string of the molecule is Clc1ccc2nc(N3N=C(c4ccc5c(c4)OCO5)C[C@@H]3c3cccc(Br)c3)nc(-c3ccccc3)c2c1. The maximum absolute atomic E-state index is 6.38. The molecule has 2 aliphatic heterocycles. The molecule has 6 nitrogen and oxygen atoms in total. The van der Waals surface area contributed by atoms with Crippen molar-refractivity contribution in [2.24, 2.45) is 5.10 Å². The first-order valence-corrected chi connectivity index (χ1v) is 13.3. The lowest BCUT2D eigenvalue weighted by Crippen LogP contribution is -2.21. The van der Waals surface area contributed by atoms with E-state index in [2.05, 4.69) is 28.1 Å². The molecule has 1 aromatic heterocycles. The maximum Gasteiger partial charge on any atom is 0.247 e. The zero-order valence-electron chi connectivity index (χ0n) is 20.0. The summed E-state index contributed by atoms with van der Waals surface area (Å²) in [6.07, 6.45) is 0.679. The average molecular weight is 584 g/mol. The summed E-state index contributed by atoms with van der Waals surface area (Å²) in [4.78, 5) is 10.0. The van der Waals surface area contributed by atoms with Gasteiger partial charge in [-0.25, -0.2) is 15.0 Å². The number of benzene rings is 4. The molecule has 0 radical (unpaired) electrons. The molecule has 1 atom stereocenters. The van der Waals surface area contributed by atoms with E-state index < -0.39 is 0 Å². The van der Waals surface area contributed by atoms with Crippen LogP contribution in [0.2, 0.25) is 5.02 Å². The minimum Gasteiger partial charge on any atom is -0.454 e. The van der Waals surface area contributed by atoms with Gasteiger partial charge in [0.2, 0.25) is 12.7 Å². The lowest BCUT2D eigenvalue weighted by atomic mass is 9.98. The normalized spacial score (nSPS) is 16.2. The van der Waals surface area contributed by atoms with E-state index in [1.807, 2.05) is 83.9 Å². The Bertz CT molecular complexity index is 1730.